The molecule has 13 heteroatoms. The summed E-state index contributed by atoms with van der Waals surface area (Å²) < 4.78 is 33.7. The molecule has 0 spiro atoms. The summed E-state index contributed by atoms with van der Waals surface area (Å²) >= 11 is 0. The Morgan fingerprint density at radius 2 is 1.20 bits per heavy atom. The number of rotatable bonds is 18. The number of ether oxygens (including phenoxy) is 6. The number of carbonyl (C=O) groups excluding carboxylic acids is 3. The average Bonchev–Trinajstić information content (AvgIpc) is 3.59. The lowest BCUT2D eigenvalue weighted by atomic mass is 10.0. The highest BCUT2D eigenvalue weighted by Crippen LogP contribution is 2.38. The van der Waals surface area contributed by atoms with E-state index in [1.54, 1.807) is 38.5 Å². The number of hydrogen-bond donors (Lipinski definition) is 2. The predicted octanol–water partition coefficient (Wildman–Crippen LogP) is 5.24. The van der Waals surface area contributed by atoms with E-state index in [0.717, 1.165) is 22.4 Å². The maximum atomic E-state index is 12.9. The number of hydrogen-bond acceptors (Lipinski definition) is 11. The molecule has 1 heterocycles. The van der Waals surface area contributed by atoms with Gasteiger partial charge in [-0.3, -0.25) is 4.79 Å². The molecule has 0 aliphatic carbocycles. The molecule has 5 aromatic rings. The van der Waals surface area contributed by atoms with E-state index in [9.17, 15) is 14.4 Å². The highest BCUT2D eigenvalue weighted by Gasteiger charge is 2.24. The van der Waals surface area contributed by atoms with Crippen LogP contribution in [0, 0.1) is 0 Å². The van der Waals surface area contributed by atoms with Crippen molar-refractivity contribution >= 4 is 17.8 Å². The average molecular weight is 737 g/mol. The molecule has 282 valence electrons. The first-order chi connectivity index (χ1) is 26.3. The SMILES string of the molecule is COC(=O)c1cc(C(=O)OC)cc(-c2nc(-c3ccc(OC)cc3)c(-c3ccc(OC)cc3)n2Cc2ccc(C(=O)NCCOCCOCCN)cc2)c1. The Kier molecular flexibility index (Phi) is 13.9. The summed E-state index contributed by atoms with van der Waals surface area (Å²) in [5, 5.41) is 2.87. The van der Waals surface area contributed by atoms with Crippen molar-refractivity contribution in [3.8, 4) is 45.4 Å². The van der Waals surface area contributed by atoms with E-state index in [2.05, 4.69) is 5.32 Å². The Balaban J connectivity index is 1.57. The number of carbonyl (C=O) groups is 3. The van der Waals surface area contributed by atoms with Crippen molar-refractivity contribution in [2.24, 2.45) is 5.73 Å². The first kappa shape index (κ1) is 39.2. The Morgan fingerprint density at radius 1 is 0.648 bits per heavy atom. The quantitative estimate of drug-likeness (QED) is 0.0894. The van der Waals surface area contributed by atoms with Crippen LogP contribution in [0.4, 0.5) is 0 Å². The highest BCUT2D eigenvalue weighted by molar-refractivity contribution is 5.97. The molecule has 5 rings (SSSR count). The molecule has 0 saturated carbocycles. The van der Waals surface area contributed by atoms with Gasteiger partial charge in [0.1, 0.15) is 17.3 Å². The number of methoxy groups -OCH3 is 4. The molecule has 1 amide bonds. The maximum Gasteiger partial charge on any atom is 0.337 e. The standard InChI is InChI=1S/C41H44N4O9/c1-49-34-13-9-28(10-14-34)36-37(29-11-15-35(50-2)16-12-29)45(38(44-36)31-23-32(40(47)51-3)25-33(24-31)41(48)52-4)26-27-5-7-30(8-6-27)39(46)43-18-20-54-22-21-53-19-17-42/h5-16,23-25H,17-22,26,42H2,1-4H3,(H,43,46). The van der Waals surface area contributed by atoms with E-state index in [1.807, 2.05) is 65.2 Å². The lowest BCUT2D eigenvalue weighted by molar-refractivity contribution is 0.0511. The number of amides is 1. The van der Waals surface area contributed by atoms with Crippen molar-refractivity contribution in [2.75, 3.05) is 68.0 Å². The zero-order valence-corrected chi connectivity index (χ0v) is 30.8. The molecule has 0 radical (unpaired) electrons. The lowest BCUT2D eigenvalue weighted by Crippen LogP contribution is -2.27. The van der Waals surface area contributed by atoms with Crippen molar-refractivity contribution in [3.05, 3.63) is 113 Å². The normalized spacial score (nSPS) is 10.8. The Bertz CT molecular complexity index is 1990. The highest BCUT2D eigenvalue weighted by atomic mass is 16.5. The predicted molar refractivity (Wildman–Crippen MR) is 203 cm³/mol. The first-order valence-electron chi connectivity index (χ1n) is 17.2. The minimum absolute atomic E-state index is 0.155. The summed E-state index contributed by atoms with van der Waals surface area (Å²) in [7, 11) is 5.75. The molecule has 0 bridgehead atoms. The van der Waals surface area contributed by atoms with Gasteiger partial charge in [-0.25, -0.2) is 14.6 Å². The molecule has 1 aromatic heterocycles. The second kappa shape index (κ2) is 19.2. The third-order valence-electron chi connectivity index (χ3n) is 8.45. The van der Waals surface area contributed by atoms with Crippen LogP contribution in [0.3, 0.4) is 0 Å². The molecule has 0 fully saturated rings. The van der Waals surface area contributed by atoms with E-state index < -0.39 is 11.9 Å². The summed E-state index contributed by atoms with van der Waals surface area (Å²) in [6.45, 7) is 2.77. The monoisotopic (exact) mass is 736 g/mol. The van der Waals surface area contributed by atoms with Crippen LogP contribution in [0.2, 0.25) is 0 Å². The van der Waals surface area contributed by atoms with E-state index in [0.29, 0.717) is 80.2 Å². The van der Waals surface area contributed by atoms with Gasteiger partial charge in [0.15, 0.2) is 0 Å². The Labute approximate surface area is 313 Å². The fraction of sp³-hybridized carbons (Fsp3) is 0.268. The van der Waals surface area contributed by atoms with Crippen molar-refractivity contribution < 1.29 is 42.8 Å². The van der Waals surface area contributed by atoms with Crippen LogP contribution in [0.15, 0.2) is 91.0 Å². The van der Waals surface area contributed by atoms with Crippen LogP contribution in [-0.2, 0) is 25.5 Å². The van der Waals surface area contributed by atoms with Gasteiger partial charge >= 0.3 is 11.9 Å². The number of benzene rings is 4. The summed E-state index contributed by atoms with van der Waals surface area (Å²) in [4.78, 5) is 43.8. The van der Waals surface area contributed by atoms with Crippen molar-refractivity contribution in [1.29, 1.82) is 0 Å². The van der Waals surface area contributed by atoms with E-state index in [1.165, 1.54) is 20.3 Å². The summed E-state index contributed by atoms with van der Waals surface area (Å²) in [5.41, 5.74) is 10.6. The van der Waals surface area contributed by atoms with E-state index in [4.69, 9.17) is 39.1 Å². The molecule has 4 aromatic carbocycles. The molecule has 0 aliphatic heterocycles. The van der Waals surface area contributed by atoms with Gasteiger partial charge in [0.25, 0.3) is 5.91 Å². The number of nitrogens with zero attached hydrogens (tertiary/aromatic N) is 2. The first-order valence-corrected chi connectivity index (χ1v) is 17.2. The second-order valence-corrected chi connectivity index (χ2v) is 11.9. The summed E-state index contributed by atoms with van der Waals surface area (Å²) in [6.07, 6.45) is 0. The van der Waals surface area contributed by atoms with Gasteiger partial charge < -0.3 is 44.0 Å². The largest absolute Gasteiger partial charge is 0.497 e. The fourth-order valence-corrected chi connectivity index (χ4v) is 5.74. The number of nitrogens with two attached hydrogens (primary N) is 1. The minimum atomic E-state index is -0.622. The second-order valence-electron chi connectivity index (χ2n) is 11.9. The molecule has 0 atom stereocenters. The molecular formula is C41H44N4O9. The zero-order chi connectivity index (χ0) is 38.5. The lowest BCUT2D eigenvalue weighted by Gasteiger charge is -2.15. The van der Waals surface area contributed by atoms with E-state index in [-0.39, 0.29) is 17.0 Å². The Morgan fingerprint density at radius 3 is 1.74 bits per heavy atom. The van der Waals surface area contributed by atoms with Crippen LogP contribution in [0.25, 0.3) is 33.9 Å². The van der Waals surface area contributed by atoms with Gasteiger partial charge in [-0.15, -0.1) is 0 Å². The van der Waals surface area contributed by atoms with Gasteiger partial charge in [-0.1, -0.05) is 12.1 Å². The van der Waals surface area contributed by atoms with Gasteiger partial charge in [0, 0.05) is 41.9 Å². The number of esters is 2. The number of aromatic nitrogens is 2. The van der Waals surface area contributed by atoms with E-state index >= 15 is 0 Å². The minimum Gasteiger partial charge on any atom is -0.497 e. The van der Waals surface area contributed by atoms with Crippen molar-refractivity contribution in [1.82, 2.24) is 14.9 Å². The van der Waals surface area contributed by atoms with Crippen molar-refractivity contribution in [2.45, 2.75) is 6.54 Å². The van der Waals surface area contributed by atoms with Gasteiger partial charge in [-0.2, -0.15) is 0 Å². The summed E-state index contributed by atoms with van der Waals surface area (Å²) in [5.74, 6) is 0.357. The third-order valence-corrected chi connectivity index (χ3v) is 8.45. The van der Waals surface area contributed by atoms with Crippen LogP contribution in [-0.4, -0.2) is 95.4 Å². The third kappa shape index (κ3) is 9.69. The topological polar surface area (TPSA) is 162 Å². The van der Waals surface area contributed by atoms with Gasteiger partial charge in [0.05, 0.1) is 77.4 Å². The molecule has 3 N–H and O–H groups in total. The van der Waals surface area contributed by atoms with Gasteiger partial charge in [0.2, 0.25) is 0 Å². The molecule has 0 saturated heterocycles. The molecule has 13 nitrogen and oxygen atoms in total. The molecule has 0 aliphatic rings. The van der Waals surface area contributed by atoms with Gasteiger partial charge in [-0.05, 0) is 84.4 Å². The van der Waals surface area contributed by atoms with Crippen LogP contribution < -0.4 is 20.5 Å². The van der Waals surface area contributed by atoms with Crippen LogP contribution >= 0.6 is 0 Å². The number of nitrogens with one attached hydrogen (secondary N) is 1. The number of imidazole rings is 1. The maximum absolute atomic E-state index is 12.9. The molecular weight excluding hydrogens is 692 g/mol. The van der Waals surface area contributed by atoms with Crippen molar-refractivity contribution in [3.63, 3.8) is 0 Å². The fourth-order valence-electron chi connectivity index (χ4n) is 5.74. The molecule has 0 unspecified atom stereocenters. The smallest absolute Gasteiger partial charge is 0.337 e. The van der Waals surface area contributed by atoms with Crippen LogP contribution in [0.1, 0.15) is 36.6 Å². The van der Waals surface area contributed by atoms with Crippen LogP contribution in [0.5, 0.6) is 11.5 Å². The molecule has 54 heavy (non-hydrogen) atoms. The Hall–Kier alpha value is -6.02. The summed E-state index contributed by atoms with van der Waals surface area (Å²) in [6, 6.07) is 27.1. The zero-order valence-electron chi connectivity index (χ0n) is 30.8.